The Bertz CT molecular complexity index is 779. The van der Waals surface area contributed by atoms with Crippen molar-refractivity contribution in [2.24, 2.45) is 0 Å². The van der Waals surface area contributed by atoms with Crippen molar-refractivity contribution in [3.63, 3.8) is 0 Å². The van der Waals surface area contributed by atoms with Crippen LogP contribution >= 0.6 is 23.2 Å². The van der Waals surface area contributed by atoms with Crippen molar-refractivity contribution >= 4 is 23.2 Å². The van der Waals surface area contributed by atoms with Gasteiger partial charge in [-0.2, -0.15) is 0 Å². The molecule has 0 spiro atoms. The predicted octanol–water partition coefficient (Wildman–Crippen LogP) is 6.14. The molecule has 1 aliphatic carbocycles. The van der Waals surface area contributed by atoms with Gasteiger partial charge in [0.2, 0.25) is 0 Å². The average molecular weight is 412 g/mol. The lowest BCUT2D eigenvalue weighted by molar-refractivity contribution is 0.284. The van der Waals surface area contributed by atoms with Crippen molar-refractivity contribution in [1.29, 1.82) is 0 Å². The Morgan fingerprint density at radius 1 is 1.00 bits per heavy atom. The van der Waals surface area contributed by atoms with Crippen molar-refractivity contribution in [1.82, 2.24) is 5.32 Å². The summed E-state index contributed by atoms with van der Waals surface area (Å²) in [5.74, 6) is 0.765. The van der Waals surface area contributed by atoms with Crippen LogP contribution in [0.3, 0.4) is 0 Å². The summed E-state index contributed by atoms with van der Waals surface area (Å²) < 4.78 is 24.5. The summed E-state index contributed by atoms with van der Waals surface area (Å²) in [5.41, 5.74) is 1.67. The molecule has 6 heteroatoms. The summed E-state index contributed by atoms with van der Waals surface area (Å²) in [7, 11) is 1.60. The molecule has 0 heterocycles. The Labute approximate surface area is 169 Å². The van der Waals surface area contributed by atoms with Crippen LogP contribution in [0.2, 0.25) is 10.0 Å². The molecular weight excluding hydrogens is 388 g/mol. The minimum Gasteiger partial charge on any atom is -0.493 e. The zero-order valence-corrected chi connectivity index (χ0v) is 16.9. The van der Waals surface area contributed by atoms with Gasteiger partial charge in [0.15, 0.2) is 11.5 Å². The molecule has 0 bridgehead atoms. The highest BCUT2D eigenvalue weighted by Crippen LogP contribution is 2.34. The molecule has 0 aliphatic heterocycles. The Balaban J connectivity index is 1.67. The van der Waals surface area contributed by atoms with Crippen LogP contribution in [0.4, 0.5) is 4.39 Å². The number of hydrogen-bond donors (Lipinski definition) is 1. The maximum atomic E-state index is 13.2. The van der Waals surface area contributed by atoms with Crippen molar-refractivity contribution in [3.8, 4) is 11.5 Å². The van der Waals surface area contributed by atoms with E-state index in [1.54, 1.807) is 19.2 Å². The van der Waals surface area contributed by atoms with Crippen molar-refractivity contribution in [3.05, 3.63) is 57.3 Å². The van der Waals surface area contributed by atoms with Crippen LogP contribution < -0.4 is 14.8 Å². The van der Waals surface area contributed by atoms with Crippen LogP contribution in [0.15, 0.2) is 30.3 Å². The Hall–Kier alpha value is -1.49. The van der Waals surface area contributed by atoms with E-state index in [9.17, 15) is 4.39 Å². The number of rotatable bonds is 7. The summed E-state index contributed by atoms with van der Waals surface area (Å²) >= 11 is 12.5. The molecule has 3 nitrogen and oxygen atoms in total. The van der Waals surface area contributed by atoms with Crippen molar-refractivity contribution in [2.45, 2.75) is 51.3 Å². The molecule has 3 rings (SSSR count). The number of nitrogens with one attached hydrogen (secondary N) is 1. The standard InChI is InChI=1S/C21H24Cl2FNO2/c1-26-20-9-15(12-25-17-5-3-2-4-6-17)19(23)11-21(20)27-13-14-7-8-16(24)10-18(14)22/h7-11,17,25H,2-6,12-13H2,1H3. The zero-order valence-electron chi connectivity index (χ0n) is 15.4. The number of halogens is 3. The molecule has 0 amide bonds. The molecule has 0 aromatic heterocycles. The highest BCUT2D eigenvalue weighted by atomic mass is 35.5. The van der Waals surface area contributed by atoms with Gasteiger partial charge in [-0.05, 0) is 36.6 Å². The van der Waals surface area contributed by atoms with E-state index < -0.39 is 0 Å². The van der Waals surface area contributed by atoms with E-state index >= 15 is 0 Å². The lowest BCUT2D eigenvalue weighted by atomic mass is 9.95. The lowest BCUT2D eigenvalue weighted by Gasteiger charge is -2.23. The second-order valence-corrected chi connectivity index (χ2v) is 7.65. The number of hydrogen-bond acceptors (Lipinski definition) is 3. The first-order valence-electron chi connectivity index (χ1n) is 9.23. The van der Waals surface area contributed by atoms with Crippen LogP contribution in [0.1, 0.15) is 43.2 Å². The minimum absolute atomic E-state index is 0.200. The highest BCUT2D eigenvalue weighted by molar-refractivity contribution is 6.31. The molecule has 1 aliphatic rings. The predicted molar refractivity (Wildman–Crippen MR) is 107 cm³/mol. The van der Waals surface area contributed by atoms with E-state index in [0.717, 1.165) is 5.56 Å². The molecular formula is C21H24Cl2FNO2. The van der Waals surface area contributed by atoms with E-state index in [1.165, 1.54) is 44.2 Å². The van der Waals surface area contributed by atoms with E-state index in [1.807, 2.05) is 6.07 Å². The van der Waals surface area contributed by atoms with E-state index in [4.69, 9.17) is 32.7 Å². The van der Waals surface area contributed by atoms with Crippen LogP contribution in [0.5, 0.6) is 11.5 Å². The molecule has 0 saturated heterocycles. The molecule has 0 radical (unpaired) electrons. The number of benzene rings is 2. The molecule has 1 N–H and O–H groups in total. The third-order valence-corrected chi connectivity index (χ3v) is 5.62. The first-order valence-corrected chi connectivity index (χ1v) is 9.99. The minimum atomic E-state index is -0.376. The van der Waals surface area contributed by atoms with Crippen LogP contribution in [0, 0.1) is 5.82 Å². The highest BCUT2D eigenvalue weighted by Gasteiger charge is 2.15. The van der Waals surface area contributed by atoms with Gasteiger partial charge < -0.3 is 14.8 Å². The average Bonchev–Trinajstić information content (AvgIpc) is 2.67. The van der Waals surface area contributed by atoms with Crippen LogP contribution in [-0.2, 0) is 13.2 Å². The maximum absolute atomic E-state index is 13.2. The summed E-state index contributed by atoms with van der Waals surface area (Å²) in [6, 6.07) is 8.44. The van der Waals surface area contributed by atoms with E-state index in [-0.39, 0.29) is 12.4 Å². The quantitative estimate of drug-likeness (QED) is 0.592. The van der Waals surface area contributed by atoms with Gasteiger partial charge in [0.25, 0.3) is 0 Å². The molecule has 0 unspecified atom stereocenters. The first kappa shape index (κ1) is 20.2. The second kappa shape index (κ2) is 9.63. The van der Waals surface area contributed by atoms with Gasteiger partial charge in [-0.3, -0.25) is 0 Å². The van der Waals surface area contributed by atoms with Crippen LogP contribution in [-0.4, -0.2) is 13.2 Å². The topological polar surface area (TPSA) is 30.5 Å². The SMILES string of the molecule is COc1cc(CNC2CCCCC2)c(Cl)cc1OCc1ccc(F)cc1Cl. The summed E-state index contributed by atoms with van der Waals surface area (Å²) in [4.78, 5) is 0. The molecule has 146 valence electrons. The van der Waals surface area contributed by atoms with Gasteiger partial charge in [-0.1, -0.05) is 48.5 Å². The Morgan fingerprint density at radius 3 is 2.44 bits per heavy atom. The van der Waals surface area contributed by atoms with E-state index in [0.29, 0.717) is 39.7 Å². The van der Waals surface area contributed by atoms with Gasteiger partial charge in [-0.15, -0.1) is 0 Å². The van der Waals surface area contributed by atoms with Crippen LogP contribution in [0.25, 0.3) is 0 Å². The summed E-state index contributed by atoms with van der Waals surface area (Å²) in [5, 5.41) is 4.54. The molecule has 2 aromatic rings. The fourth-order valence-electron chi connectivity index (χ4n) is 3.34. The van der Waals surface area contributed by atoms with Gasteiger partial charge in [0, 0.05) is 29.2 Å². The van der Waals surface area contributed by atoms with Crippen molar-refractivity contribution < 1.29 is 13.9 Å². The Kier molecular flexibility index (Phi) is 7.22. The third-order valence-electron chi connectivity index (χ3n) is 4.92. The summed E-state index contributed by atoms with van der Waals surface area (Å²) in [6.07, 6.45) is 6.33. The van der Waals surface area contributed by atoms with Gasteiger partial charge in [0.1, 0.15) is 12.4 Å². The van der Waals surface area contributed by atoms with Gasteiger partial charge in [-0.25, -0.2) is 4.39 Å². The molecule has 27 heavy (non-hydrogen) atoms. The smallest absolute Gasteiger partial charge is 0.163 e. The molecule has 1 fully saturated rings. The maximum Gasteiger partial charge on any atom is 0.163 e. The van der Waals surface area contributed by atoms with E-state index in [2.05, 4.69) is 5.32 Å². The number of ether oxygens (including phenoxy) is 2. The summed E-state index contributed by atoms with van der Waals surface area (Å²) in [6.45, 7) is 0.898. The zero-order chi connectivity index (χ0) is 19.2. The second-order valence-electron chi connectivity index (χ2n) is 6.83. The van der Waals surface area contributed by atoms with Gasteiger partial charge in [0.05, 0.1) is 12.1 Å². The normalized spacial score (nSPS) is 15.0. The monoisotopic (exact) mass is 411 g/mol. The lowest BCUT2D eigenvalue weighted by Crippen LogP contribution is -2.30. The molecule has 2 aromatic carbocycles. The van der Waals surface area contributed by atoms with Gasteiger partial charge >= 0.3 is 0 Å². The third kappa shape index (κ3) is 5.50. The number of methoxy groups -OCH3 is 1. The fourth-order valence-corrected chi connectivity index (χ4v) is 3.78. The van der Waals surface area contributed by atoms with Crippen molar-refractivity contribution in [2.75, 3.05) is 7.11 Å². The largest absolute Gasteiger partial charge is 0.493 e. The fraction of sp³-hybridized carbons (Fsp3) is 0.429. The Morgan fingerprint density at radius 2 is 1.74 bits per heavy atom. The first-order chi connectivity index (χ1) is 13.1. The molecule has 1 saturated carbocycles. The molecule has 0 atom stereocenters.